The first-order valence-corrected chi connectivity index (χ1v) is 9.33. The molecule has 7 nitrogen and oxygen atoms in total. The molecule has 3 rings (SSSR count). The Morgan fingerprint density at radius 3 is 2.79 bits per heavy atom. The summed E-state index contributed by atoms with van der Waals surface area (Å²) in [7, 11) is 3.56. The van der Waals surface area contributed by atoms with Crippen molar-refractivity contribution in [3.8, 4) is 0 Å². The van der Waals surface area contributed by atoms with Gasteiger partial charge in [0.15, 0.2) is 0 Å². The van der Waals surface area contributed by atoms with Gasteiger partial charge in [-0.2, -0.15) is 5.10 Å². The highest BCUT2D eigenvalue weighted by atomic mass is 19.1. The third kappa shape index (κ3) is 4.56. The number of carbonyl (C=O) groups is 2. The molecular formula is C20H26FN5O2. The van der Waals surface area contributed by atoms with Gasteiger partial charge in [0.1, 0.15) is 5.82 Å². The van der Waals surface area contributed by atoms with E-state index in [4.69, 9.17) is 0 Å². The molecule has 8 heteroatoms. The van der Waals surface area contributed by atoms with Crippen LogP contribution in [0.1, 0.15) is 23.2 Å². The maximum Gasteiger partial charge on any atom is 0.237 e. The molecule has 1 N–H and O–H groups in total. The molecule has 1 aromatic heterocycles. The number of nitrogens with one attached hydrogen (secondary N) is 1. The van der Waals surface area contributed by atoms with Gasteiger partial charge in [0.2, 0.25) is 11.8 Å². The Bertz CT molecular complexity index is 866. The molecule has 2 heterocycles. The molecule has 0 saturated carbocycles. The molecule has 150 valence electrons. The van der Waals surface area contributed by atoms with Crippen LogP contribution in [0.3, 0.4) is 0 Å². The van der Waals surface area contributed by atoms with Gasteiger partial charge in [0.05, 0.1) is 18.2 Å². The molecule has 1 atom stereocenters. The maximum atomic E-state index is 14.0. The van der Waals surface area contributed by atoms with E-state index in [0.29, 0.717) is 31.7 Å². The SMILES string of the molecule is Cc1nn(C)cc1CN(C)C(=O)CC1C(=O)NCCN1Cc1ccccc1F. The van der Waals surface area contributed by atoms with Crippen LogP contribution in [0.5, 0.6) is 0 Å². The summed E-state index contributed by atoms with van der Waals surface area (Å²) in [6.45, 7) is 3.69. The number of aryl methyl sites for hydroxylation is 2. The van der Waals surface area contributed by atoms with Gasteiger partial charge >= 0.3 is 0 Å². The molecule has 28 heavy (non-hydrogen) atoms. The van der Waals surface area contributed by atoms with E-state index >= 15 is 0 Å². The molecule has 0 aliphatic carbocycles. The van der Waals surface area contributed by atoms with Crippen molar-refractivity contribution in [1.82, 2.24) is 24.9 Å². The van der Waals surface area contributed by atoms with Crippen LogP contribution in [0, 0.1) is 12.7 Å². The molecule has 0 radical (unpaired) electrons. The number of hydrogen-bond donors (Lipinski definition) is 1. The van der Waals surface area contributed by atoms with Crippen LogP contribution in [0.15, 0.2) is 30.5 Å². The zero-order valence-electron chi connectivity index (χ0n) is 16.5. The number of hydrogen-bond acceptors (Lipinski definition) is 4. The van der Waals surface area contributed by atoms with Crippen LogP contribution in [0.4, 0.5) is 4.39 Å². The summed E-state index contributed by atoms with van der Waals surface area (Å²) in [5.74, 6) is -0.631. The van der Waals surface area contributed by atoms with Crippen molar-refractivity contribution in [2.24, 2.45) is 7.05 Å². The van der Waals surface area contributed by atoms with Crippen LogP contribution < -0.4 is 5.32 Å². The van der Waals surface area contributed by atoms with Gasteiger partial charge in [-0.1, -0.05) is 18.2 Å². The van der Waals surface area contributed by atoms with Crippen LogP contribution >= 0.6 is 0 Å². The van der Waals surface area contributed by atoms with E-state index in [0.717, 1.165) is 11.3 Å². The van der Waals surface area contributed by atoms with E-state index in [1.165, 1.54) is 6.07 Å². The summed E-state index contributed by atoms with van der Waals surface area (Å²) in [6.07, 6.45) is 1.94. The molecule has 1 unspecified atom stereocenters. The van der Waals surface area contributed by atoms with Crippen LogP contribution in [0.2, 0.25) is 0 Å². The van der Waals surface area contributed by atoms with E-state index in [1.54, 1.807) is 34.8 Å². The minimum Gasteiger partial charge on any atom is -0.353 e. The number of halogens is 1. The van der Waals surface area contributed by atoms with E-state index in [9.17, 15) is 14.0 Å². The first-order valence-electron chi connectivity index (χ1n) is 9.33. The van der Waals surface area contributed by atoms with Crippen LogP contribution in [-0.2, 0) is 29.7 Å². The number of rotatable bonds is 6. The molecule has 1 aromatic carbocycles. The number of aromatic nitrogens is 2. The van der Waals surface area contributed by atoms with Gasteiger partial charge in [0.25, 0.3) is 0 Å². The molecule has 0 spiro atoms. The number of nitrogens with zero attached hydrogens (tertiary/aromatic N) is 4. The quantitative estimate of drug-likeness (QED) is 0.809. The lowest BCUT2D eigenvalue weighted by Gasteiger charge is -2.35. The summed E-state index contributed by atoms with van der Waals surface area (Å²) in [5, 5.41) is 7.10. The second-order valence-corrected chi connectivity index (χ2v) is 7.24. The van der Waals surface area contributed by atoms with Crippen molar-refractivity contribution in [3.05, 3.63) is 53.1 Å². The average Bonchev–Trinajstić information content (AvgIpc) is 2.96. The minimum atomic E-state index is -0.613. The Morgan fingerprint density at radius 1 is 1.36 bits per heavy atom. The van der Waals surface area contributed by atoms with Gasteiger partial charge in [-0.3, -0.25) is 19.2 Å². The predicted octanol–water partition coefficient (Wildman–Crippen LogP) is 1.22. The van der Waals surface area contributed by atoms with Crippen molar-refractivity contribution >= 4 is 11.8 Å². The fourth-order valence-corrected chi connectivity index (χ4v) is 3.49. The van der Waals surface area contributed by atoms with E-state index in [1.807, 2.05) is 25.1 Å². The summed E-state index contributed by atoms with van der Waals surface area (Å²) >= 11 is 0. The van der Waals surface area contributed by atoms with Gasteiger partial charge in [0, 0.05) is 57.6 Å². The molecule has 1 saturated heterocycles. The second-order valence-electron chi connectivity index (χ2n) is 7.24. The topological polar surface area (TPSA) is 70.5 Å². The zero-order chi connectivity index (χ0) is 20.3. The van der Waals surface area contributed by atoms with Gasteiger partial charge in [-0.25, -0.2) is 4.39 Å². The summed E-state index contributed by atoms with van der Waals surface area (Å²) in [6, 6.07) is 5.91. The molecule has 0 bridgehead atoms. The van der Waals surface area contributed by atoms with Crippen LogP contribution in [0.25, 0.3) is 0 Å². The van der Waals surface area contributed by atoms with Crippen molar-refractivity contribution < 1.29 is 14.0 Å². The minimum absolute atomic E-state index is 0.0517. The van der Waals surface area contributed by atoms with Gasteiger partial charge < -0.3 is 10.2 Å². The summed E-state index contributed by atoms with van der Waals surface area (Å²) in [5.41, 5.74) is 2.36. The van der Waals surface area contributed by atoms with Crippen molar-refractivity contribution in [2.75, 3.05) is 20.1 Å². The van der Waals surface area contributed by atoms with Crippen molar-refractivity contribution in [3.63, 3.8) is 0 Å². The maximum absolute atomic E-state index is 14.0. The average molecular weight is 387 g/mol. The Labute approximate surface area is 164 Å². The molecule has 1 fully saturated rings. The third-order valence-corrected chi connectivity index (χ3v) is 5.09. The molecule has 2 aromatic rings. The lowest BCUT2D eigenvalue weighted by atomic mass is 10.1. The molecule has 1 aliphatic rings. The molecule has 1 aliphatic heterocycles. The number of piperazine rings is 1. The summed E-state index contributed by atoms with van der Waals surface area (Å²) < 4.78 is 15.7. The van der Waals surface area contributed by atoms with Crippen molar-refractivity contribution in [1.29, 1.82) is 0 Å². The Kier molecular flexibility index (Phi) is 6.08. The predicted molar refractivity (Wildman–Crippen MR) is 103 cm³/mol. The fraction of sp³-hybridized carbons (Fsp3) is 0.450. The highest BCUT2D eigenvalue weighted by Crippen LogP contribution is 2.17. The Hall–Kier alpha value is -2.74. The highest BCUT2D eigenvalue weighted by Gasteiger charge is 2.32. The molecular weight excluding hydrogens is 361 g/mol. The van der Waals surface area contributed by atoms with Crippen molar-refractivity contribution in [2.45, 2.75) is 32.5 Å². The lowest BCUT2D eigenvalue weighted by Crippen LogP contribution is -2.56. The summed E-state index contributed by atoms with van der Waals surface area (Å²) in [4.78, 5) is 28.7. The van der Waals surface area contributed by atoms with Gasteiger partial charge in [-0.05, 0) is 13.0 Å². The first-order chi connectivity index (χ1) is 13.3. The van der Waals surface area contributed by atoms with E-state index in [2.05, 4.69) is 10.4 Å². The Morgan fingerprint density at radius 2 is 2.11 bits per heavy atom. The number of benzene rings is 1. The number of carbonyl (C=O) groups excluding carboxylic acids is 2. The van der Waals surface area contributed by atoms with E-state index < -0.39 is 6.04 Å². The second kappa shape index (κ2) is 8.52. The zero-order valence-corrected chi connectivity index (χ0v) is 16.5. The molecule has 2 amide bonds. The van der Waals surface area contributed by atoms with E-state index in [-0.39, 0.29) is 24.1 Å². The largest absolute Gasteiger partial charge is 0.353 e. The normalized spacial score (nSPS) is 17.4. The standard InChI is InChI=1S/C20H26FN5O2/c1-14-16(12-25(3)23-14)11-24(2)19(27)10-18-20(28)22-8-9-26(18)13-15-6-4-5-7-17(15)21/h4-7,12,18H,8-11,13H2,1-3H3,(H,22,28). The first kappa shape index (κ1) is 20.0. The number of amides is 2. The Balaban J connectivity index is 1.68. The lowest BCUT2D eigenvalue weighted by molar-refractivity contribution is -0.138. The van der Waals surface area contributed by atoms with Gasteiger partial charge in [-0.15, -0.1) is 0 Å². The fourth-order valence-electron chi connectivity index (χ4n) is 3.49. The monoisotopic (exact) mass is 387 g/mol. The van der Waals surface area contributed by atoms with Crippen LogP contribution in [-0.4, -0.2) is 57.6 Å². The third-order valence-electron chi connectivity index (χ3n) is 5.09. The smallest absolute Gasteiger partial charge is 0.237 e. The highest BCUT2D eigenvalue weighted by molar-refractivity contribution is 5.88.